The molecule has 0 saturated carbocycles. The lowest BCUT2D eigenvalue weighted by atomic mass is 10.0. The molecule has 0 radical (unpaired) electrons. The Hall–Kier alpha value is -0.820. The van der Waals surface area contributed by atoms with Gasteiger partial charge in [-0.2, -0.15) is 13.2 Å². The number of halogens is 3. The molecule has 0 aromatic heterocycles. The van der Waals surface area contributed by atoms with E-state index in [0.717, 1.165) is 11.3 Å². The Kier molecular flexibility index (Phi) is 4.98. The normalized spacial score (nSPS) is 24.6. The van der Waals surface area contributed by atoms with Gasteiger partial charge >= 0.3 is 6.18 Å². The molecule has 1 aliphatic rings. The van der Waals surface area contributed by atoms with Gasteiger partial charge in [-0.05, 0) is 6.42 Å². The molecule has 1 aliphatic heterocycles. The van der Waals surface area contributed by atoms with Gasteiger partial charge in [-0.25, -0.2) is 0 Å². The predicted molar refractivity (Wildman–Crippen MR) is 57.9 cm³/mol. The molecular weight excluding hydrogens is 251 g/mol. The lowest BCUT2D eigenvalue weighted by molar-refractivity contribution is -0.253. The second-order valence-corrected chi connectivity index (χ2v) is 4.46. The van der Waals surface area contributed by atoms with E-state index in [1.54, 1.807) is 0 Å². The molecule has 1 N–H and O–H groups in total. The molecule has 106 valence electrons. The first-order valence-corrected chi connectivity index (χ1v) is 5.95. The van der Waals surface area contributed by atoms with E-state index in [4.69, 9.17) is 4.74 Å². The van der Waals surface area contributed by atoms with E-state index >= 15 is 0 Å². The smallest absolute Gasteiger partial charge is 0.381 e. The number of hydrogen-bond donors (Lipinski definition) is 1. The van der Waals surface area contributed by atoms with Gasteiger partial charge in [0.25, 0.3) is 0 Å². The van der Waals surface area contributed by atoms with Crippen LogP contribution in [0.15, 0.2) is 0 Å². The summed E-state index contributed by atoms with van der Waals surface area (Å²) >= 11 is 0. The molecule has 4 nitrogen and oxygen atoms in total. The maximum absolute atomic E-state index is 12.5. The summed E-state index contributed by atoms with van der Waals surface area (Å²) in [5.74, 6) is -0.411. The van der Waals surface area contributed by atoms with Crippen LogP contribution >= 0.6 is 0 Å². The Morgan fingerprint density at radius 3 is 2.61 bits per heavy atom. The maximum atomic E-state index is 12.5. The zero-order chi connectivity index (χ0) is 13.8. The summed E-state index contributed by atoms with van der Waals surface area (Å²) in [4.78, 5) is 12.6. The van der Waals surface area contributed by atoms with E-state index in [-0.39, 0.29) is 19.6 Å². The minimum absolute atomic E-state index is 0.0495. The van der Waals surface area contributed by atoms with Gasteiger partial charge in [0, 0.05) is 19.6 Å². The molecule has 0 aliphatic carbocycles. The summed E-state index contributed by atoms with van der Waals surface area (Å²) in [7, 11) is 0. The Morgan fingerprint density at radius 1 is 1.44 bits per heavy atom. The minimum Gasteiger partial charge on any atom is -0.381 e. The second kappa shape index (κ2) is 5.88. The van der Waals surface area contributed by atoms with Gasteiger partial charge in [0.05, 0.1) is 19.6 Å². The molecule has 0 aromatic rings. The number of hydrogen-bond acceptors (Lipinski definition) is 3. The first-order chi connectivity index (χ1) is 8.30. The van der Waals surface area contributed by atoms with Crippen LogP contribution in [-0.4, -0.2) is 54.0 Å². The monoisotopic (exact) mass is 269 g/mol. The van der Waals surface area contributed by atoms with Crippen LogP contribution in [0.3, 0.4) is 0 Å². The molecule has 1 unspecified atom stereocenters. The molecule has 1 rings (SSSR count). The zero-order valence-electron chi connectivity index (χ0n) is 10.3. The molecule has 18 heavy (non-hydrogen) atoms. The number of nitrogens with zero attached hydrogens (tertiary/aromatic N) is 1. The van der Waals surface area contributed by atoms with Crippen molar-refractivity contribution in [3.63, 3.8) is 0 Å². The van der Waals surface area contributed by atoms with Crippen molar-refractivity contribution in [3.05, 3.63) is 0 Å². The first kappa shape index (κ1) is 15.2. The maximum Gasteiger partial charge on any atom is 0.419 e. The van der Waals surface area contributed by atoms with Crippen molar-refractivity contribution in [2.24, 2.45) is 0 Å². The highest BCUT2D eigenvalue weighted by atomic mass is 19.4. The first-order valence-electron chi connectivity index (χ1n) is 5.95. The van der Waals surface area contributed by atoms with Gasteiger partial charge in [0.1, 0.15) is 0 Å². The van der Waals surface area contributed by atoms with Gasteiger partial charge in [0.15, 0.2) is 5.60 Å². The number of alkyl halides is 3. The SMILES string of the molecule is CCCOCCC(=O)N1CCC(O)(C(F)(F)F)C1. The van der Waals surface area contributed by atoms with E-state index in [1.165, 1.54) is 0 Å². The minimum atomic E-state index is -4.69. The van der Waals surface area contributed by atoms with Gasteiger partial charge in [-0.3, -0.25) is 4.79 Å². The Bertz CT molecular complexity index is 296. The topological polar surface area (TPSA) is 49.8 Å². The third-order valence-corrected chi connectivity index (χ3v) is 2.94. The van der Waals surface area contributed by atoms with Crippen LogP contribution in [0.5, 0.6) is 0 Å². The van der Waals surface area contributed by atoms with Crippen molar-refractivity contribution in [2.45, 2.75) is 38.0 Å². The number of rotatable bonds is 5. The Balaban J connectivity index is 2.39. The van der Waals surface area contributed by atoms with E-state index < -0.39 is 30.7 Å². The zero-order valence-corrected chi connectivity index (χ0v) is 10.3. The van der Waals surface area contributed by atoms with Crippen molar-refractivity contribution in [1.29, 1.82) is 0 Å². The molecule has 1 amide bonds. The largest absolute Gasteiger partial charge is 0.419 e. The van der Waals surface area contributed by atoms with Crippen molar-refractivity contribution >= 4 is 5.91 Å². The van der Waals surface area contributed by atoms with Crippen LogP contribution in [-0.2, 0) is 9.53 Å². The number of carbonyl (C=O) groups is 1. The molecular formula is C11H18F3NO3. The number of ether oxygens (including phenoxy) is 1. The highest BCUT2D eigenvalue weighted by Gasteiger charge is 2.57. The van der Waals surface area contributed by atoms with E-state index in [9.17, 15) is 23.1 Å². The summed E-state index contributed by atoms with van der Waals surface area (Å²) < 4.78 is 42.7. The Morgan fingerprint density at radius 2 is 2.11 bits per heavy atom. The van der Waals surface area contributed by atoms with Crippen molar-refractivity contribution in [3.8, 4) is 0 Å². The predicted octanol–water partition coefficient (Wildman–Crippen LogP) is 1.33. The van der Waals surface area contributed by atoms with Gasteiger partial charge in [0.2, 0.25) is 5.91 Å². The molecule has 0 spiro atoms. The van der Waals surface area contributed by atoms with Crippen molar-refractivity contribution < 1.29 is 27.8 Å². The summed E-state index contributed by atoms with van der Waals surface area (Å²) in [5, 5.41) is 9.41. The number of carbonyl (C=O) groups excluding carboxylic acids is 1. The standard InChI is InChI=1S/C11H18F3NO3/c1-2-6-18-7-3-9(16)15-5-4-10(17,8-15)11(12,13)14/h17H,2-8H2,1H3. The summed E-state index contributed by atoms with van der Waals surface area (Å²) in [6, 6.07) is 0. The third-order valence-electron chi connectivity index (χ3n) is 2.94. The number of likely N-dealkylation sites (tertiary alicyclic amines) is 1. The molecule has 0 bridgehead atoms. The van der Waals surface area contributed by atoms with Gasteiger partial charge in [-0.1, -0.05) is 6.92 Å². The summed E-state index contributed by atoms with van der Waals surface area (Å²) in [6.45, 7) is 1.91. The summed E-state index contributed by atoms with van der Waals surface area (Å²) in [6.07, 6.45) is -4.28. The highest BCUT2D eigenvalue weighted by Crippen LogP contribution is 2.37. The van der Waals surface area contributed by atoms with Gasteiger partial charge < -0.3 is 14.7 Å². The lowest BCUT2D eigenvalue weighted by Gasteiger charge is -2.25. The number of aliphatic hydroxyl groups is 1. The van der Waals surface area contributed by atoms with Crippen LogP contribution < -0.4 is 0 Å². The van der Waals surface area contributed by atoms with Crippen LogP contribution in [0.4, 0.5) is 13.2 Å². The quantitative estimate of drug-likeness (QED) is 0.766. The van der Waals surface area contributed by atoms with Crippen LogP contribution in [0.25, 0.3) is 0 Å². The van der Waals surface area contributed by atoms with Crippen molar-refractivity contribution in [2.75, 3.05) is 26.3 Å². The van der Waals surface area contributed by atoms with Crippen LogP contribution in [0.1, 0.15) is 26.2 Å². The number of β-amino-alcohol motifs (C(OH)–C–C–N with tert-alkyl or cyclic N) is 1. The lowest BCUT2D eigenvalue weighted by Crippen LogP contribution is -2.48. The Labute approximate surface area is 104 Å². The van der Waals surface area contributed by atoms with E-state index in [1.807, 2.05) is 6.92 Å². The second-order valence-electron chi connectivity index (χ2n) is 4.46. The van der Waals surface area contributed by atoms with E-state index in [2.05, 4.69) is 0 Å². The van der Waals surface area contributed by atoms with Gasteiger partial charge in [-0.15, -0.1) is 0 Å². The van der Waals surface area contributed by atoms with Crippen LogP contribution in [0, 0.1) is 0 Å². The number of amides is 1. The average Bonchev–Trinajstić information content (AvgIpc) is 2.68. The fourth-order valence-corrected chi connectivity index (χ4v) is 1.80. The fourth-order valence-electron chi connectivity index (χ4n) is 1.80. The molecule has 1 fully saturated rings. The van der Waals surface area contributed by atoms with E-state index in [0.29, 0.717) is 6.61 Å². The fraction of sp³-hybridized carbons (Fsp3) is 0.909. The molecule has 1 atom stereocenters. The average molecular weight is 269 g/mol. The third kappa shape index (κ3) is 3.58. The van der Waals surface area contributed by atoms with Crippen molar-refractivity contribution in [1.82, 2.24) is 4.90 Å². The highest BCUT2D eigenvalue weighted by molar-refractivity contribution is 5.76. The molecule has 0 aromatic carbocycles. The summed E-state index contributed by atoms with van der Waals surface area (Å²) in [5.41, 5.74) is -2.76. The molecule has 1 heterocycles. The van der Waals surface area contributed by atoms with Crippen LogP contribution in [0.2, 0.25) is 0 Å². The molecule has 1 saturated heterocycles. The molecule has 7 heteroatoms.